The van der Waals surface area contributed by atoms with Crippen molar-refractivity contribution >= 4 is 10.1 Å². The minimum atomic E-state index is -3.29. The third-order valence-electron chi connectivity index (χ3n) is 1.39. The fourth-order valence-corrected chi connectivity index (χ4v) is 1.29. The van der Waals surface area contributed by atoms with Gasteiger partial charge in [0.1, 0.15) is 0 Å². The van der Waals surface area contributed by atoms with Crippen molar-refractivity contribution in [1.82, 2.24) is 9.78 Å². The highest BCUT2D eigenvalue weighted by Crippen LogP contribution is 1.93. The van der Waals surface area contributed by atoms with Crippen LogP contribution in [0, 0.1) is 0 Å². The first kappa shape index (κ1) is 10.2. The smallest absolute Gasteiger partial charge is 0.264 e. The van der Waals surface area contributed by atoms with Crippen LogP contribution in [-0.4, -0.2) is 31.1 Å². The summed E-state index contributed by atoms with van der Waals surface area (Å²) >= 11 is 0. The van der Waals surface area contributed by atoms with E-state index in [4.69, 9.17) is 0 Å². The summed E-state index contributed by atoms with van der Waals surface area (Å²) < 4.78 is 27.4. The molecule has 1 rings (SSSR count). The van der Waals surface area contributed by atoms with Crippen molar-refractivity contribution in [2.75, 3.05) is 12.9 Å². The minimum Gasteiger partial charge on any atom is -0.273 e. The zero-order valence-electron chi connectivity index (χ0n) is 7.38. The van der Waals surface area contributed by atoms with Gasteiger partial charge in [0.25, 0.3) is 10.1 Å². The number of aryl methyl sites for hydroxylation is 1. The summed E-state index contributed by atoms with van der Waals surface area (Å²) in [6.07, 6.45) is 5.17. The Labute approximate surface area is 77.4 Å². The first-order valence-corrected chi connectivity index (χ1v) is 5.71. The summed E-state index contributed by atoms with van der Waals surface area (Å²) in [6, 6.07) is 1.82. The van der Waals surface area contributed by atoms with Gasteiger partial charge in [0.15, 0.2) is 0 Å². The van der Waals surface area contributed by atoms with Gasteiger partial charge < -0.3 is 0 Å². The summed E-state index contributed by atoms with van der Waals surface area (Å²) in [6.45, 7) is 0.876. The average Bonchev–Trinajstić information content (AvgIpc) is 2.48. The molecule has 0 atom stereocenters. The van der Waals surface area contributed by atoms with Crippen molar-refractivity contribution < 1.29 is 12.6 Å². The Kier molecular flexibility index (Phi) is 3.44. The lowest BCUT2D eigenvalue weighted by molar-refractivity contribution is 0.304. The average molecular weight is 204 g/mol. The molecule has 0 aliphatic carbocycles. The predicted molar refractivity (Wildman–Crippen MR) is 47.6 cm³/mol. The van der Waals surface area contributed by atoms with Gasteiger partial charge in [-0.25, -0.2) is 0 Å². The molecule has 0 bridgehead atoms. The van der Waals surface area contributed by atoms with Gasteiger partial charge >= 0.3 is 0 Å². The fraction of sp³-hybridized carbons (Fsp3) is 0.571. The van der Waals surface area contributed by atoms with Crippen molar-refractivity contribution in [1.29, 1.82) is 0 Å². The van der Waals surface area contributed by atoms with Crippen LogP contribution in [-0.2, 0) is 20.8 Å². The lowest BCUT2D eigenvalue weighted by Gasteiger charge is -2.01. The van der Waals surface area contributed by atoms with Crippen molar-refractivity contribution in [2.45, 2.75) is 13.0 Å². The molecule has 0 aliphatic rings. The molecular formula is C7H12N2O3S. The predicted octanol–water partition coefficient (Wildman–Crippen LogP) is 0.249. The topological polar surface area (TPSA) is 61.2 Å². The van der Waals surface area contributed by atoms with Crippen LogP contribution in [0.25, 0.3) is 0 Å². The van der Waals surface area contributed by atoms with Gasteiger partial charge in [0.2, 0.25) is 0 Å². The van der Waals surface area contributed by atoms with Crippen molar-refractivity contribution in [2.24, 2.45) is 0 Å². The van der Waals surface area contributed by atoms with E-state index in [2.05, 4.69) is 9.28 Å². The molecule has 0 radical (unpaired) electrons. The van der Waals surface area contributed by atoms with Crippen LogP contribution in [0.2, 0.25) is 0 Å². The van der Waals surface area contributed by atoms with Crippen molar-refractivity contribution in [3.05, 3.63) is 18.5 Å². The third-order valence-corrected chi connectivity index (χ3v) is 1.98. The zero-order valence-corrected chi connectivity index (χ0v) is 8.20. The SMILES string of the molecule is CS(=O)(=O)OCCCn1cccn1. The Morgan fingerprint density at radius 3 is 2.85 bits per heavy atom. The molecule has 74 valence electrons. The van der Waals surface area contributed by atoms with Gasteiger partial charge in [-0.05, 0) is 12.5 Å². The maximum absolute atomic E-state index is 10.5. The Morgan fingerprint density at radius 1 is 1.54 bits per heavy atom. The fourth-order valence-electron chi connectivity index (χ4n) is 0.870. The first-order valence-electron chi connectivity index (χ1n) is 3.90. The standard InChI is InChI=1S/C7H12N2O3S/c1-13(10,11)12-7-3-6-9-5-2-4-8-9/h2,4-5H,3,6-7H2,1H3. The molecule has 0 spiro atoms. The van der Waals surface area contributed by atoms with Gasteiger partial charge in [-0.15, -0.1) is 0 Å². The van der Waals surface area contributed by atoms with Crippen LogP contribution >= 0.6 is 0 Å². The van der Waals surface area contributed by atoms with Gasteiger partial charge in [-0.3, -0.25) is 8.86 Å². The molecule has 0 saturated heterocycles. The van der Waals surface area contributed by atoms with E-state index in [0.29, 0.717) is 13.0 Å². The van der Waals surface area contributed by atoms with Crippen LogP contribution in [0.5, 0.6) is 0 Å². The Morgan fingerprint density at radius 2 is 2.31 bits per heavy atom. The van der Waals surface area contributed by atoms with Gasteiger partial charge in [0, 0.05) is 18.9 Å². The summed E-state index contributed by atoms with van der Waals surface area (Å²) in [5.74, 6) is 0. The quantitative estimate of drug-likeness (QED) is 0.509. The van der Waals surface area contributed by atoms with Gasteiger partial charge in [-0.2, -0.15) is 13.5 Å². The minimum absolute atomic E-state index is 0.207. The largest absolute Gasteiger partial charge is 0.273 e. The lowest BCUT2D eigenvalue weighted by Crippen LogP contribution is -2.07. The van der Waals surface area contributed by atoms with Gasteiger partial charge in [0.05, 0.1) is 12.9 Å². The number of hydrogen-bond acceptors (Lipinski definition) is 4. The van der Waals surface area contributed by atoms with E-state index in [0.717, 1.165) is 6.26 Å². The summed E-state index contributed by atoms with van der Waals surface area (Å²) in [7, 11) is -3.29. The molecule has 1 heterocycles. The van der Waals surface area contributed by atoms with Crippen molar-refractivity contribution in [3.8, 4) is 0 Å². The van der Waals surface area contributed by atoms with E-state index < -0.39 is 10.1 Å². The number of aromatic nitrogens is 2. The van der Waals surface area contributed by atoms with E-state index in [9.17, 15) is 8.42 Å². The number of rotatable bonds is 5. The third kappa shape index (κ3) is 4.64. The molecule has 1 aromatic heterocycles. The second-order valence-electron chi connectivity index (χ2n) is 2.65. The molecule has 13 heavy (non-hydrogen) atoms. The van der Waals surface area contributed by atoms with Gasteiger partial charge in [-0.1, -0.05) is 0 Å². The summed E-state index contributed by atoms with van der Waals surface area (Å²) in [5.41, 5.74) is 0. The van der Waals surface area contributed by atoms with E-state index in [1.54, 1.807) is 10.9 Å². The first-order chi connectivity index (χ1) is 6.08. The molecule has 6 heteroatoms. The molecule has 1 aromatic rings. The highest BCUT2D eigenvalue weighted by Gasteiger charge is 2.00. The highest BCUT2D eigenvalue weighted by molar-refractivity contribution is 7.85. The lowest BCUT2D eigenvalue weighted by atomic mass is 10.5. The summed E-state index contributed by atoms with van der Waals surface area (Å²) in [5, 5.41) is 3.96. The van der Waals surface area contributed by atoms with E-state index in [1.807, 2.05) is 12.3 Å². The van der Waals surface area contributed by atoms with Crippen LogP contribution in [0.15, 0.2) is 18.5 Å². The molecule has 0 unspecified atom stereocenters. The van der Waals surface area contributed by atoms with Crippen LogP contribution in [0.3, 0.4) is 0 Å². The van der Waals surface area contributed by atoms with Crippen LogP contribution < -0.4 is 0 Å². The molecule has 0 fully saturated rings. The molecule has 5 nitrogen and oxygen atoms in total. The molecule has 0 aliphatic heterocycles. The van der Waals surface area contributed by atoms with Crippen LogP contribution in [0.1, 0.15) is 6.42 Å². The maximum Gasteiger partial charge on any atom is 0.264 e. The summed E-state index contributed by atoms with van der Waals surface area (Å²) in [4.78, 5) is 0. The Bertz CT molecular complexity index is 331. The monoisotopic (exact) mass is 204 g/mol. The van der Waals surface area contributed by atoms with E-state index in [-0.39, 0.29) is 6.61 Å². The number of nitrogens with zero attached hydrogens (tertiary/aromatic N) is 2. The second kappa shape index (κ2) is 4.38. The molecular weight excluding hydrogens is 192 g/mol. The maximum atomic E-state index is 10.5. The second-order valence-corrected chi connectivity index (χ2v) is 4.29. The van der Waals surface area contributed by atoms with E-state index in [1.165, 1.54) is 0 Å². The van der Waals surface area contributed by atoms with Crippen molar-refractivity contribution in [3.63, 3.8) is 0 Å². The zero-order chi connectivity index (χ0) is 9.73. The highest BCUT2D eigenvalue weighted by atomic mass is 32.2. The van der Waals surface area contributed by atoms with E-state index >= 15 is 0 Å². The Hall–Kier alpha value is -0.880. The number of hydrogen-bond donors (Lipinski definition) is 0. The molecule has 0 N–H and O–H groups in total. The Balaban J connectivity index is 2.16. The molecule has 0 saturated carbocycles. The molecule has 0 aromatic carbocycles. The van der Waals surface area contributed by atoms with Crippen LogP contribution in [0.4, 0.5) is 0 Å². The normalized spacial score (nSPS) is 11.8. The molecule has 0 amide bonds.